The van der Waals surface area contributed by atoms with Gasteiger partial charge in [-0.25, -0.2) is 0 Å². The molecule has 3 rings (SSSR count). The standard InChI is InChI=1S/C27H30Br2O5S/c1-13(2)18-11-20(15(5)24(28)26(18)30)23(17-9-7-8-10-22(17)35(32,33)34)21-12-19(14(3)4)27(31)25(29)16(21)6/h7-15,24,31H,1-6H3,(H,32,33,34). The third kappa shape index (κ3) is 5.22. The highest BCUT2D eigenvalue weighted by molar-refractivity contribution is 9.10. The van der Waals surface area contributed by atoms with Crippen LogP contribution in [0.3, 0.4) is 0 Å². The van der Waals surface area contributed by atoms with Crippen LogP contribution < -0.4 is 0 Å². The zero-order chi connectivity index (χ0) is 26.4. The van der Waals surface area contributed by atoms with Crippen molar-refractivity contribution in [1.82, 2.24) is 0 Å². The second kappa shape index (κ2) is 10.3. The molecular weight excluding hydrogens is 596 g/mol. The molecule has 0 saturated carbocycles. The molecule has 188 valence electrons. The summed E-state index contributed by atoms with van der Waals surface area (Å²) in [6.07, 6.45) is 1.86. The minimum Gasteiger partial charge on any atom is -0.506 e. The van der Waals surface area contributed by atoms with Crippen LogP contribution in [0, 0.1) is 18.8 Å². The molecule has 0 aromatic heterocycles. The van der Waals surface area contributed by atoms with Gasteiger partial charge in [-0.2, -0.15) is 8.42 Å². The van der Waals surface area contributed by atoms with E-state index in [1.165, 1.54) is 6.07 Å². The number of halogens is 2. The summed E-state index contributed by atoms with van der Waals surface area (Å²) in [5.74, 6) is -0.196. The lowest BCUT2D eigenvalue weighted by Crippen LogP contribution is -2.31. The van der Waals surface area contributed by atoms with Crippen molar-refractivity contribution in [2.24, 2.45) is 11.8 Å². The fourth-order valence-corrected chi connectivity index (χ4v) is 6.16. The van der Waals surface area contributed by atoms with E-state index in [1.54, 1.807) is 18.2 Å². The van der Waals surface area contributed by atoms with Gasteiger partial charge in [0.2, 0.25) is 0 Å². The predicted molar refractivity (Wildman–Crippen MR) is 147 cm³/mol. The molecule has 2 N–H and O–H groups in total. The highest BCUT2D eigenvalue weighted by Gasteiger charge is 2.36. The Labute approximate surface area is 224 Å². The number of allylic oxidation sites excluding steroid dienone is 3. The molecule has 0 fully saturated rings. The number of hydrogen-bond donors (Lipinski definition) is 2. The van der Waals surface area contributed by atoms with Crippen molar-refractivity contribution in [3.8, 4) is 5.75 Å². The third-order valence-corrected chi connectivity index (χ3v) is 9.62. The van der Waals surface area contributed by atoms with Gasteiger partial charge in [-0.1, -0.05) is 74.8 Å². The maximum absolute atomic E-state index is 13.0. The first-order chi connectivity index (χ1) is 16.2. The molecule has 0 heterocycles. The van der Waals surface area contributed by atoms with Crippen LogP contribution in [0.2, 0.25) is 0 Å². The lowest BCUT2D eigenvalue weighted by Gasteiger charge is -2.31. The van der Waals surface area contributed by atoms with Crippen molar-refractivity contribution >= 4 is 53.3 Å². The van der Waals surface area contributed by atoms with Crippen LogP contribution in [0.1, 0.15) is 62.8 Å². The molecule has 1 aliphatic rings. The number of benzene rings is 2. The molecular formula is C27H30Br2O5S. The molecule has 2 atom stereocenters. The number of hydrogen-bond acceptors (Lipinski definition) is 4. The van der Waals surface area contributed by atoms with Crippen molar-refractivity contribution in [1.29, 1.82) is 0 Å². The van der Waals surface area contributed by atoms with Crippen molar-refractivity contribution < 1.29 is 22.9 Å². The molecule has 0 spiro atoms. The molecule has 2 aromatic rings. The van der Waals surface area contributed by atoms with Gasteiger partial charge in [-0.15, -0.1) is 0 Å². The van der Waals surface area contributed by atoms with Crippen LogP contribution in [0.25, 0.3) is 5.57 Å². The SMILES string of the molecule is Cc1c(C(=C2C=C(C(C)C)C(=O)C(Br)C2C)c2ccccc2S(=O)(=O)O)cc(C(C)C)c(O)c1Br. The van der Waals surface area contributed by atoms with E-state index in [0.29, 0.717) is 37.9 Å². The number of rotatable bonds is 5. The highest BCUT2D eigenvalue weighted by Crippen LogP contribution is 2.46. The van der Waals surface area contributed by atoms with Crippen molar-refractivity contribution in [2.75, 3.05) is 0 Å². The number of alkyl halides is 1. The Morgan fingerprint density at radius 2 is 1.66 bits per heavy atom. The first-order valence-electron chi connectivity index (χ1n) is 11.4. The van der Waals surface area contributed by atoms with Gasteiger partial charge in [0.15, 0.2) is 5.78 Å². The summed E-state index contributed by atoms with van der Waals surface area (Å²) >= 11 is 7.11. The van der Waals surface area contributed by atoms with E-state index in [1.807, 2.05) is 53.7 Å². The number of carbonyl (C=O) groups is 1. The molecule has 1 aliphatic carbocycles. The largest absolute Gasteiger partial charge is 0.506 e. The van der Waals surface area contributed by atoms with Crippen LogP contribution in [-0.4, -0.2) is 28.7 Å². The maximum Gasteiger partial charge on any atom is 0.295 e. The lowest BCUT2D eigenvalue weighted by molar-refractivity contribution is -0.116. The fraction of sp³-hybridized carbons (Fsp3) is 0.370. The molecule has 0 amide bonds. The zero-order valence-electron chi connectivity index (χ0n) is 20.6. The number of ketones is 1. The van der Waals surface area contributed by atoms with E-state index in [9.17, 15) is 22.9 Å². The number of phenols is 1. The topological polar surface area (TPSA) is 91.7 Å². The number of phenolic OH excluding ortho intramolecular Hbond substituents is 1. The monoisotopic (exact) mass is 624 g/mol. The first kappa shape index (κ1) is 27.8. The molecule has 0 aliphatic heterocycles. The van der Waals surface area contributed by atoms with Gasteiger partial charge in [0.25, 0.3) is 10.1 Å². The Kier molecular flexibility index (Phi) is 8.21. The van der Waals surface area contributed by atoms with E-state index >= 15 is 0 Å². The smallest absolute Gasteiger partial charge is 0.295 e. The summed E-state index contributed by atoms with van der Waals surface area (Å²) in [6.45, 7) is 11.6. The summed E-state index contributed by atoms with van der Waals surface area (Å²) in [5.41, 5.74) is 4.48. The Balaban J connectivity index is 2.61. The molecule has 8 heteroatoms. The number of carbonyl (C=O) groups excluding carboxylic acids is 1. The summed E-state index contributed by atoms with van der Waals surface area (Å²) in [6, 6.07) is 8.19. The van der Waals surface area contributed by atoms with Gasteiger partial charge in [0.05, 0.1) is 9.30 Å². The fourth-order valence-electron chi connectivity index (χ4n) is 4.47. The lowest BCUT2D eigenvalue weighted by atomic mass is 9.76. The van der Waals surface area contributed by atoms with E-state index in [2.05, 4.69) is 31.9 Å². The average molecular weight is 626 g/mol. The second-order valence-electron chi connectivity index (χ2n) is 9.57. The van der Waals surface area contributed by atoms with Crippen molar-refractivity contribution in [3.63, 3.8) is 0 Å². The molecule has 2 aromatic carbocycles. The average Bonchev–Trinajstić information content (AvgIpc) is 2.78. The number of aromatic hydroxyl groups is 1. The molecule has 35 heavy (non-hydrogen) atoms. The van der Waals surface area contributed by atoms with E-state index in [0.717, 1.165) is 5.57 Å². The number of Topliss-reactive ketones (excluding diaryl/α,β-unsaturated/α-hetero) is 1. The summed E-state index contributed by atoms with van der Waals surface area (Å²) < 4.78 is 35.5. The molecule has 0 saturated heterocycles. The van der Waals surface area contributed by atoms with E-state index in [4.69, 9.17) is 0 Å². The summed E-state index contributed by atoms with van der Waals surface area (Å²) in [5, 5.41) is 10.8. The minimum absolute atomic E-state index is 0.00476. The van der Waals surface area contributed by atoms with Gasteiger partial charge in [0, 0.05) is 11.5 Å². The summed E-state index contributed by atoms with van der Waals surface area (Å²) in [7, 11) is -4.55. The normalized spacial score (nSPS) is 20.4. The van der Waals surface area contributed by atoms with Gasteiger partial charge < -0.3 is 5.11 Å². The van der Waals surface area contributed by atoms with Crippen LogP contribution in [0.15, 0.2) is 56.9 Å². The quantitative estimate of drug-likeness (QED) is 0.271. The van der Waals surface area contributed by atoms with Crippen LogP contribution in [0.4, 0.5) is 0 Å². The minimum atomic E-state index is -4.55. The van der Waals surface area contributed by atoms with Crippen LogP contribution >= 0.6 is 31.9 Å². The zero-order valence-corrected chi connectivity index (χ0v) is 24.5. The molecule has 0 radical (unpaired) electrons. The Morgan fingerprint density at radius 1 is 1.06 bits per heavy atom. The van der Waals surface area contributed by atoms with Gasteiger partial charge in [-0.3, -0.25) is 9.35 Å². The third-order valence-electron chi connectivity index (χ3n) is 6.53. The van der Waals surface area contributed by atoms with E-state index in [-0.39, 0.29) is 34.2 Å². The van der Waals surface area contributed by atoms with Gasteiger partial charge >= 0.3 is 0 Å². The van der Waals surface area contributed by atoms with Crippen molar-refractivity contribution in [3.05, 3.63) is 74.3 Å². The molecule has 2 unspecified atom stereocenters. The molecule has 5 nitrogen and oxygen atoms in total. The van der Waals surface area contributed by atoms with Gasteiger partial charge in [0.1, 0.15) is 10.6 Å². The highest BCUT2D eigenvalue weighted by atomic mass is 79.9. The Hall–Kier alpha value is -1.74. The molecule has 0 bridgehead atoms. The van der Waals surface area contributed by atoms with E-state index < -0.39 is 14.9 Å². The van der Waals surface area contributed by atoms with Crippen LogP contribution in [-0.2, 0) is 14.9 Å². The van der Waals surface area contributed by atoms with Crippen molar-refractivity contribution in [2.45, 2.75) is 57.2 Å². The first-order valence-corrected chi connectivity index (χ1v) is 14.6. The Bertz CT molecular complexity index is 1350. The van der Waals surface area contributed by atoms with Crippen LogP contribution in [0.5, 0.6) is 5.75 Å². The Morgan fingerprint density at radius 3 is 2.20 bits per heavy atom. The summed E-state index contributed by atoms with van der Waals surface area (Å²) in [4.78, 5) is 12.3. The second-order valence-corrected chi connectivity index (χ2v) is 12.7. The maximum atomic E-state index is 13.0. The van der Waals surface area contributed by atoms with Gasteiger partial charge in [-0.05, 0) is 80.2 Å². The predicted octanol–water partition coefficient (Wildman–Crippen LogP) is 7.20.